The molecule has 4 nitrogen and oxygen atoms in total. The second-order valence-electron chi connectivity index (χ2n) is 2.60. The normalized spacial score (nSPS) is 15.8. The van der Waals surface area contributed by atoms with E-state index in [4.69, 9.17) is 0 Å². The lowest BCUT2D eigenvalue weighted by atomic mass is 10.0. The minimum atomic E-state index is -0.974. The van der Waals surface area contributed by atoms with Gasteiger partial charge in [0.1, 0.15) is 11.9 Å². The number of aliphatic hydroxyl groups is 1. The van der Waals surface area contributed by atoms with Gasteiger partial charge in [-0.1, -0.05) is 6.08 Å². The highest BCUT2D eigenvalue weighted by atomic mass is 16.3. The first-order valence-electron chi connectivity index (χ1n) is 3.36. The number of rotatable bonds is 3. The van der Waals surface area contributed by atoms with E-state index in [2.05, 4.69) is 21.8 Å². The van der Waals surface area contributed by atoms with E-state index in [1.165, 1.54) is 6.33 Å². The molecule has 4 heteroatoms. The van der Waals surface area contributed by atoms with Crippen molar-refractivity contribution >= 4 is 0 Å². The Morgan fingerprint density at radius 1 is 1.91 bits per heavy atom. The maximum absolute atomic E-state index is 9.67. The van der Waals surface area contributed by atoms with Crippen LogP contribution in [0.2, 0.25) is 0 Å². The fraction of sp³-hybridized carbons (Fsp3) is 0.429. The minimum Gasteiger partial charge on any atom is -0.382 e. The Morgan fingerprint density at radius 3 is 3.09 bits per heavy atom. The fourth-order valence-corrected chi connectivity index (χ4v) is 0.843. The van der Waals surface area contributed by atoms with Crippen LogP contribution in [0.3, 0.4) is 0 Å². The van der Waals surface area contributed by atoms with Gasteiger partial charge in [0, 0.05) is 6.42 Å². The Bertz CT molecular complexity index is 228. The van der Waals surface area contributed by atoms with Crippen LogP contribution in [0.15, 0.2) is 19.0 Å². The van der Waals surface area contributed by atoms with Gasteiger partial charge in [-0.3, -0.25) is 5.10 Å². The Morgan fingerprint density at radius 2 is 2.64 bits per heavy atom. The first kappa shape index (κ1) is 7.94. The molecule has 0 aliphatic carbocycles. The van der Waals surface area contributed by atoms with Gasteiger partial charge >= 0.3 is 0 Å². The summed E-state index contributed by atoms with van der Waals surface area (Å²) in [6, 6.07) is 0. The van der Waals surface area contributed by atoms with Gasteiger partial charge in [-0.05, 0) is 6.92 Å². The molecule has 1 atom stereocenters. The lowest BCUT2D eigenvalue weighted by Crippen LogP contribution is -2.21. The SMILES string of the molecule is C=CCC(C)(O)c1ncn[nH]1. The van der Waals surface area contributed by atoms with E-state index in [0.717, 1.165) is 0 Å². The molecule has 0 fully saturated rings. The van der Waals surface area contributed by atoms with Crippen LogP contribution in [0, 0.1) is 0 Å². The summed E-state index contributed by atoms with van der Waals surface area (Å²) in [5.74, 6) is 0.470. The average Bonchev–Trinajstić information content (AvgIpc) is 2.37. The van der Waals surface area contributed by atoms with E-state index in [-0.39, 0.29) is 0 Å². The molecule has 1 aromatic rings. The molecule has 0 radical (unpaired) electrons. The molecule has 1 rings (SSSR count). The first-order chi connectivity index (χ1) is 5.17. The summed E-state index contributed by atoms with van der Waals surface area (Å²) in [4.78, 5) is 3.84. The van der Waals surface area contributed by atoms with Crippen molar-refractivity contribution in [3.8, 4) is 0 Å². The van der Waals surface area contributed by atoms with Crippen molar-refractivity contribution in [2.24, 2.45) is 0 Å². The van der Waals surface area contributed by atoms with Gasteiger partial charge in [-0.15, -0.1) is 6.58 Å². The lowest BCUT2D eigenvalue weighted by molar-refractivity contribution is 0.0514. The number of nitrogens with zero attached hydrogens (tertiary/aromatic N) is 2. The summed E-state index contributed by atoms with van der Waals surface area (Å²) in [7, 11) is 0. The summed E-state index contributed by atoms with van der Waals surface area (Å²) in [5.41, 5.74) is -0.974. The van der Waals surface area contributed by atoms with Crippen LogP contribution in [0.1, 0.15) is 19.2 Å². The molecular formula is C7H11N3O. The van der Waals surface area contributed by atoms with Gasteiger partial charge < -0.3 is 5.11 Å². The first-order valence-corrected chi connectivity index (χ1v) is 3.36. The predicted octanol–water partition coefficient (Wildman–Crippen LogP) is 0.588. The van der Waals surface area contributed by atoms with Gasteiger partial charge in [0.25, 0.3) is 0 Å². The van der Waals surface area contributed by atoms with Crippen LogP contribution >= 0.6 is 0 Å². The molecule has 1 unspecified atom stereocenters. The van der Waals surface area contributed by atoms with Crippen LogP contribution in [-0.4, -0.2) is 20.3 Å². The summed E-state index contributed by atoms with van der Waals surface area (Å²) in [6.07, 6.45) is 3.47. The molecule has 60 valence electrons. The van der Waals surface area contributed by atoms with E-state index in [1.54, 1.807) is 13.0 Å². The third-order valence-corrected chi connectivity index (χ3v) is 1.47. The minimum absolute atomic E-state index is 0.461. The Balaban J connectivity index is 2.81. The smallest absolute Gasteiger partial charge is 0.156 e. The highest BCUT2D eigenvalue weighted by Gasteiger charge is 2.23. The molecule has 0 aromatic carbocycles. The van der Waals surface area contributed by atoms with Crippen molar-refractivity contribution in [3.63, 3.8) is 0 Å². The van der Waals surface area contributed by atoms with E-state index < -0.39 is 5.60 Å². The number of hydrogen-bond donors (Lipinski definition) is 2. The number of H-pyrrole nitrogens is 1. The van der Waals surface area contributed by atoms with Gasteiger partial charge in [0.05, 0.1) is 0 Å². The molecule has 1 heterocycles. The van der Waals surface area contributed by atoms with Crippen molar-refractivity contribution in [2.75, 3.05) is 0 Å². The van der Waals surface area contributed by atoms with Crippen molar-refractivity contribution in [2.45, 2.75) is 18.9 Å². The van der Waals surface area contributed by atoms with E-state index in [1.807, 2.05) is 0 Å². The largest absolute Gasteiger partial charge is 0.382 e. The number of nitrogens with one attached hydrogen (secondary N) is 1. The standard InChI is InChI=1S/C7H11N3O/c1-3-4-7(2,11)6-8-5-9-10-6/h3,5,11H,1,4H2,2H3,(H,8,9,10). The number of aromatic amines is 1. The molecule has 0 saturated carbocycles. The molecule has 0 spiro atoms. The van der Waals surface area contributed by atoms with Crippen LogP contribution < -0.4 is 0 Å². The monoisotopic (exact) mass is 153 g/mol. The van der Waals surface area contributed by atoms with Crippen LogP contribution in [0.4, 0.5) is 0 Å². The third-order valence-electron chi connectivity index (χ3n) is 1.47. The number of hydrogen-bond acceptors (Lipinski definition) is 3. The summed E-state index contributed by atoms with van der Waals surface area (Å²) < 4.78 is 0. The molecule has 0 amide bonds. The van der Waals surface area contributed by atoms with E-state index in [9.17, 15) is 5.11 Å². The Hall–Kier alpha value is -1.16. The van der Waals surface area contributed by atoms with Crippen LogP contribution in [0.25, 0.3) is 0 Å². The van der Waals surface area contributed by atoms with Gasteiger partial charge in [0.2, 0.25) is 0 Å². The highest BCUT2D eigenvalue weighted by molar-refractivity contribution is 4.99. The predicted molar refractivity (Wildman–Crippen MR) is 40.8 cm³/mol. The zero-order valence-corrected chi connectivity index (χ0v) is 6.41. The molecule has 11 heavy (non-hydrogen) atoms. The molecule has 0 aliphatic rings. The fourth-order valence-electron chi connectivity index (χ4n) is 0.843. The van der Waals surface area contributed by atoms with Gasteiger partial charge in [0.15, 0.2) is 5.82 Å². The lowest BCUT2D eigenvalue weighted by Gasteiger charge is -2.17. The summed E-state index contributed by atoms with van der Waals surface area (Å²) >= 11 is 0. The maximum atomic E-state index is 9.67. The van der Waals surface area contributed by atoms with Crippen molar-refractivity contribution in [1.29, 1.82) is 0 Å². The average molecular weight is 153 g/mol. The quantitative estimate of drug-likeness (QED) is 0.625. The molecule has 0 saturated heterocycles. The summed E-state index contributed by atoms with van der Waals surface area (Å²) in [6.45, 7) is 5.20. The molecular weight excluding hydrogens is 142 g/mol. The van der Waals surface area contributed by atoms with Crippen molar-refractivity contribution in [3.05, 3.63) is 24.8 Å². The van der Waals surface area contributed by atoms with Gasteiger partial charge in [-0.2, -0.15) is 5.10 Å². The van der Waals surface area contributed by atoms with E-state index in [0.29, 0.717) is 12.2 Å². The van der Waals surface area contributed by atoms with Crippen LogP contribution in [0.5, 0.6) is 0 Å². The zero-order valence-electron chi connectivity index (χ0n) is 6.41. The molecule has 0 bridgehead atoms. The zero-order chi connectivity index (χ0) is 8.32. The summed E-state index contributed by atoms with van der Waals surface area (Å²) in [5, 5.41) is 15.9. The Labute approximate surface area is 65.0 Å². The highest BCUT2D eigenvalue weighted by Crippen LogP contribution is 2.19. The second kappa shape index (κ2) is 2.84. The second-order valence-corrected chi connectivity index (χ2v) is 2.60. The molecule has 2 N–H and O–H groups in total. The number of aromatic nitrogens is 3. The van der Waals surface area contributed by atoms with Crippen molar-refractivity contribution in [1.82, 2.24) is 15.2 Å². The maximum Gasteiger partial charge on any atom is 0.156 e. The third kappa shape index (κ3) is 1.65. The Kier molecular flexibility index (Phi) is 2.05. The topological polar surface area (TPSA) is 61.8 Å². The molecule has 0 aliphatic heterocycles. The van der Waals surface area contributed by atoms with Crippen LogP contribution in [-0.2, 0) is 5.60 Å². The molecule has 1 aromatic heterocycles. The van der Waals surface area contributed by atoms with Gasteiger partial charge in [-0.25, -0.2) is 4.98 Å². The van der Waals surface area contributed by atoms with Crippen molar-refractivity contribution < 1.29 is 5.11 Å². The van der Waals surface area contributed by atoms with E-state index >= 15 is 0 Å².